The molecule has 4 nitrogen and oxygen atoms in total. The number of nitrogens with two attached hydrogens (primary N) is 1. The van der Waals surface area contributed by atoms with Crippen LogP contribution in [0, 0.1) is 12.7 Å². The van der Waals surface area contributed by atoms with Gasteiger partial charge in [0.25, 0.3) is 0 Å². The number of ether oxygens (including phenoxy) is 1. The minimum Gasteiger partial charge on any atom is -0.496 e. The monoisotopic (exact) mass is 222 g/mol. The van der Waals surface area contributed by atoms with Gasteiger partial charge in [0, 0.05) is 11.6 Å². The number of methoxy groups -OCH3 is 1. The normalized spacial score (nSPS) is 10.4. The van der Waals surface area contributed by atoms with Crippen LogP contribution in [0.2, 0.25) is 0 Å². The van der Waals surface area contributed by atoms with Gasteiger partial charge in [-0.2, -0.15) is 0 Å². The first-order chi connectivity index (χ1) is 7.63. The number of hydrogen-bond donors (Lipinski definition) is 1. The summed E-state index contributed by atoms with van der Waals surface area (Å²) in [4.78, 5) is 0. The van der Waals surface area contributed by atoms with E-state index in [0.29, 0.717) is 22.6 Å². The molecular weight excluding hydrogens is 211 g/mol. The van der Waals surface area contributed by atoms with Crippen LogP contribution in [0.3, 0.4) is 0 Å². The van der Waals surface area contributed by atoms with Gasteiger partial charge in [0.2, 0.25) is 0 Å². The van der Waals surface area contributed by atoms with Crippen molar-refractivity contribution in [1.29, 1.82) is 0 Å². The second-order valence-electron chi connectivity index (χ2n) is 3.37. The fourth-order valence-electron chi connectivity index (χ4n) is 1.54. The van der Waals surface area contributed by atoms with Gasteiger partial charge in [0.15, 0.2) is 11.6 Å². The topological polar surface area (TPSA) is 61.3 Å². The number of rotatable bonds is 2. The zero-order valence-corrected chi connectivity index (χ0v) is 8.95. The maximum atomic E-state index is 13.3. The highest BCUT2D eigenvalue weighted by atomic mass is 19.1. The number of halogens is 1. The predicted octanol–water partition coefficient (Wildman–Crippen LogP) is 2.38. The molecule has 1 aromatic heterocycles. The van der Waals surface area contributed by atoms with Crippen molar-refractivity contribution in [2.75, 3.05) is 12.8 Å². The van der Waals surface area contributed by atoms with Crippen molar-refractivity contribution in [2.45, 2.75) is 6.92 Å². The summed E-state index contributed by atoms with van der Waals surface area (Å²) in [6.45, 7) is 1.64. The lowest BCUT2D eigenvalue weighted by atomic mass is 10.1. The van der Waals surface area contributed by atoms with Crippen LogP contribution in [-0.4, -0.2) is 12.3 Å². The highest BCUT2D eigenvalue weighted by molar-refractivity contribution is 5.69. The maximum absolute atomic E-state index is 13.3. The smallest absolute Gasteiger partial charge is 0.172 e. The van der Waals surface area contributed by atoms with E-state index in [9.17, 15) is 4.39 Å². The highest BCUT2D eigenvalue weighted by Crippen LogP contribution is 2.34. The molecule has 0 fully saturated rings. The third kappa shape index (κ3) is 1.60. The summed E-state index contributed by atoms with van der Waals surface area (Å²) >= 11 is 0. The lowest BCUT2D eigenvalue weighted by molar-refractivity contribution is 0.401. The molecule has 2 aromatic rings. The van der Waals surface area contributed by atoms with E-state index < -0.39 is 0 Å². The molecule has 84 valence electrons. The summed E-state index contributed by atoms with van der Waals surface area (Å²) in [6, 6.07) is 4.49. The van der Waals surface area contributed by atoms with Gasteiger partial charge in [-0.15, -0.1) is 0 Å². The Morgan fingerprint density at radius 3 is 2.75 bits per heavy atom. The van der Waals surface area contributed by atoms with E-state index in [0.717, 1.165) is 0 Å². The molecule has 0 saturated heterocycles. The van der Waals surface area contributed by atoms with Crippen LogP contribution in [0.15, 0.2) is 22.7 Å². The quantitative estimate of drug-likeness (QED) is 0.847. The minimum absolute atomic E-state index is 0.277. The molecule has 0 aliphatic carbocycles. The first-order valence-corrected chi connectivity index (χ1v) is 4.69. The molecule has 2 rings (SSSR count). The average Bonchev–Trinajstić information content (AvgIpc) is 2.68. The number of anilines is 1. The molecule has 0 unspecified atom stereocenters. The van der Waals surface area contributed by atoms with Crippen LogP contribution in [0.1, 0.15) is 5.56 Å². The number of nitrogen functional groups attached to an aromatic ring is 1. The highest BCUT2D eigenvalue weighted by Gasteiger charge is 2.15. The van der Waals surface area contributed by atoms with Crippen molar-refractivity contribution in [2.24, 2.45) is 0 Å². The average molecular weight is 222 g/mol. The molecule has 2 N–H and O–H groups in total. The van der Waals surface area contributed by atoms with E-state index in [1.165, 1.54) is 13.2 Å². The van der Waals surface area contributed by atoms with Crippen LogP contribution in [0.25, 0.3) is 11.3 Å². The summed E-state index contributed by atoms with van der Waals surface area (Å²) in [6.07, 6.45) is 0. The number of aromatic nitrogens is 1. The van der Waals surface area contributed by atoms with Crippen LogP contribution in [0.5, 0.6) is 5.75 Å². The van der Waals surface area contributed by atoms with Crippen molar-refractivity contribution in [1.82, 2.24) is 5.16 Å². The molecule has 0 aliphatic heterocycles. The van der Waals surface area contributed by atoms with Gasteiger partial charge < -0.3 is 15.0 Å². The Bertz CT molecular complexity index is 523. The molecule has 1 heterocycles. The van der Waals surface area contributed by atoms with Crippen molar-refractivity contribution in [3.05, 3.63) is 29.6 Å². The summed E-state index contributed by atoms with van der Waals surface area (Å²) in [5.74, 6) is 0.834. The largest absolute Gasteiger partial charge is 0.496 e. The zero-order valence-electron chi connectivity index (χ0n) is 8.95. The van der Waals surface area contributed by atoms with Gasteiger partial charge in [0.05, 0.1) is 12.7 Å². The van der Waals surface area contributed by atoms with Gasteiger partial charge in [-0.25, -0.2) is 4.39 Å². The summed E-state index contributed by atoms with van der Waals surface area (Å²) in [5, 5.41) is 3.57. The molecule has 0 bridgehead atoms. The molecule has 0 atom stereocenters. The molecule has 0 saturated carbocycles. The molecular formula is C11H11FN2O2. The SMILES string of the molecule is COc1c(-c2cc(N)no2)ccc(F)c1C. The second kappa shape index (κ2) is 3.84. The molecule has 0 amide bonds. The minimum atomic E-state index is -0.326. The van der Waals surface area contributed by atoms with E-state index in [-0.39, 0.29) is 11.6 Å². The van der Waals surface area contributed by atoms with Crippen LogP contribution in [0.4, 0.5) is 10.2 Å². The van der Waals surface area contributed by atoms with Crippen molar-refractivity contribution < 1.29 is 13.7 Å². The second-order valence-corrected chi connectivity index (χ2v) is 3.37. The Morgan fingerprint density at radius 2 is 2.19 bits per heavy atom. The maximum Gasteiger partial charge on any atom is 0.172 e. The molecule has 0 spiro atoms. The van der Waals surface area contributed by atoms with E-state index in [2.05, 4.69) is 5.16 Å². The summed E-state index contributed by atoms with van der Waals surface area (Å²) in [5.41, 5.74) is 6.51. The first-order valence-electron chi connectivity index (χ1n) is 4.69. The molecule has 1 aromatic carbocycles. The molecule has 0 radical (unpaired) electrons. The number of hydrogen-bond acceptors (Lipinski definition) is 4. The van der Waals surface area contributed by atoms with Gasteiger partial charge in [0.1, 0.15) is 11.6 Å². The van der Waals surface area contributed by atoms with Crippen LogP contribution >= 0.6 is 0 Å². The van der Waals surface area contributed by atoms with E-state index in [4.69, 9.17) is 15.0 Å². The standard InChI is InChI=1S/C11H11FN2O2/c1-6-8(12)4-3-7(11(6)15-2)9-5-10(13)14-16-9/h3-5H,1-2H3,(H2,13,14). The van der Waals surface area contributed by atoms with Gasteiger partial charge >= 0.3 is 0 Å². The molecule has 16 heavy (non-hydrogen) atoms. The van der Waals surface area contributed by atoms with E-state index >= 15 is 0 Å². The van der Waals surface area contributed by atoms with Gasteiger partial charge in [-0.1, -0.05) is 5.16 Å². The van der Waals surface area contributed by atoms with Crippen molar-refractivity contribution in [3.8, 4) is 17.1 Å². The summed E-state index contributed by atoms with van der Waals surface area (Å²) in [7, 11) is 1.48. The van der Waals surface area contributed by atoms with Gasteiger partial charge in [-0.3, -0.25) is 0 Å². The molecule has 0 aliphatic rings. The van der Waals surface area contributed by atoms with Crippen molar-refractivity contribution >= 4 is 5.82 Å². The first kappa shape index (κ1) is 10.5. The number of nitrogens with zero attached hydrogens (tertiary/aromatic N) is 1. The fourth-order valence-corrected chi connectivity index (χ4v) is 1.54. The molecule has 5 heteroatoms. The third-order valence-electron chi connectivity index (χ3n) is 2.34. The lowest BCUT2D eigenvalue weighted by Gasteiger charge is -2.09. The van der Waals surface area contributed by atoms with Crippen molar-refractivity contribution in [3.63, 3.8) is 0 Å². The Morgan fingerprint density at radius 1 is 1.44 bits per heavy atom. The Balaban J connectivity index is 2.61. The van der Waals surface area contributed by atoms with Crippen LogP contribution < -0.4 is 10.5 Å². The predicted molar refractivity (Wildman–Crippen MR) is 57.6 cm³/mol. The third-order valence-corrected chi connectivity index (χ3v) is 2.34. The van der Waals surface area contributed by atoms with Gasteiger partial charge in [-0.05, 0) is 19.1 Å². The van der Waals surface area contributed by atoms with E-state index in [1.54, 1.807) is 19.1 Å². The Labute approximate surface area is 91.8 Å². The lowest BCUT2D eigenvalue weighted by Crippen LogP contribution is -1.93. The Kier molecular flexibility index (Phi) is 2.52. The van der Waals surface area contributed by atoms with Crippen LogP contribution in [-0.2, 0) is 0 Å². The Hall–Kier alpha value is -2.04. The van der Waals surface area contributed by atoms with E-state index in [1.807, 2.05) is 0 Å². The number of benzene rings is 1. The summed E-state index contributed by atoms with van der Waals surface area (Å²) < 4.78 is 23.5. The fraction of sp³-hybridized carbons (Fsp3) is 0.182. The zero-order chi connectivity index (χ0) is 11.7.